The van der Waals surface area contributed by atoms with Gasteiger partial charge in [-0.2, -0.15) is 0 Å². The molecule has 4 atom stereocenters. The number of aryl methyl sites for hydroxylation is 3. The van der Waals surface area contributed by atoms with E-state index in [1.54, 1.807) is 67.3 Å². The van der Waals surface area contributed by atoms with Gasteiger partial charge in [0, 0.05) is 131 Å². The summed E-state index contributed by atoms with van der Waals surface area (Å²) < 4.78 is 41.7. The van der Waals surface area contributed by atoms with Crippen molar-refractivity contribution in [2.24, 2.45) is 5.92 Å². The number of methoxy groups -OCH3 is 3. The second kappa shape index (κ2) is 29.8. The number of carboxylic acid groups (broad SMARTS) is 1. The molecule has 100 heavy (non-hydrogen) atoms. The average Bonchev–Trinajstić information content (AvgIpc) is 1.50. The number of furan rings is 2. The lowest BCUT2D eigenvalue weighted by Crippen LogP contribution is -2.29. The van der Waals surface area contributed by atoms with Crippen LogP contribution in [0.5, 0.6) is 23.0 Å². The molecule has 4 aromatic carbocycles. The standard InChI is InChI=1S/C28H31N3O6.C15H18N2O3.C14H14N2O3.C13H15NO4.C4H8O2/c1-6-16-14-31(19-13-20(32)26-25(24(16)19)23(15(2)29-26)28(34)35-5)27(33)22-12-17-11-18(7-8-21(17)37-22)36-10-9-30(3)4;1-4-8-6-16-9-5-10(18)14-13(12(8)9)11(7(2)17-14)15(19)20-3;1-6-10(13(18)19-2)11-12(16-6)8(17)3-9-14(11)4-7(14)5-15-9;1-14(2)5-6-17-10-3-4-11-9(7-10)8-12(18-11)13(15)16;1-3-6-4(2)5/h7-8,11-13,16,29,32H,6,9-10,14H2,1-5H3;5,8,16-18H,4,6H2,1-3H3;3,7,15-16H,4-5H2,1-2H3;3-4,7-8H,5-6H2,1-2H3,(H,15,16);3H2,1-2H3/t16-;8-;;;/m11.../s1. The lowest BCUT2D eigenvalue weighted by atomic mass is 9.83. The van der Waals surface area contributed by atoms with Crippen molar-refractivity contribution in [3.8, 4) is 23.0 Å². The molecule has 9 aromatic rings. The van der Waals surface area contributed by atoms with E-state index >= 15 is 0 Å². The number of esters is 4. The number of phenolic OH excluding ortho intramolecular Hbond substituents is 2. The van der Waals surface area contributed by atoms with Crippen molar-refractivity contribution < 1.29 is 86.1 Å². The number of hydrogen-bond acceptors (Lipinski definition) is 21. The Morgan fingerprint density at radius 1 is 0.650 bits per heavy atom. The number of benzene rings is 4. The van der Waals surface area contributed by atoms with Gasteiger partial charge in [-0.25, -0.2) is 19.2 Å². The van der Waals surface area contributed by atoms with Crippen LogP contribution in [-0.2, 0) is 29.2 Å². The van der Waals surface area contributed by atoms with Gasteiger partial charge in [0.25, 0.3) is 5.91 Å². The first-order chi connectivity index (χ1) is 47.7. The molecule has 2 aliphatic carbocycles. The minimum absolute atomic E-state index is 0.0262. The molecule has 1 saturated carbocycles. The Labute approximate surface area is 576 Å². The molecule has 3 aliphatic heterocycles. The van der Waals surface area contributed by atoms with Crippen LogP contribution in [-0.4, -0.2) is 184 Å². The van der Waals surface area contributed by atoms with Crippen molar-refractivity contribution in [2.45, 2.75) is 85.0 Å². The van der Waals surface area contributed by atoms with Crippen LogP contribution >= 0.6 is 0 Å². The van der Waals surface area contributed by atoms with Gasteiger partial charge in [0.15, 0.2) is 5.76 Å². The van der Waals surface area contributed by atoms with E-state index in [0.717, 1.165) is 95.4 Å². The van der Waals surface area contributed by atoms with Crippen LogP contribution in [0.3, 0.4) is 0 Å². The molecular formula is C74H86N8O18. The number of aromatic carboxylic acids is 1. The lowest BCUT2D eigenvalue weighted by molar-refractivity contribution is -0.140. The van der Waals surface area contributed by atoms with Gasteiger partial charge in [-0.05, 0) is 141 Å². The number of carbonyl (C=O) groups is 7. The molecule has 1 amide bonds. The minimum atomic E-state index is -1.07. The van der Waals surface area contributed by atoms with Crippen molar-refractivity contribution in [2.75, 3.05) is 112 Å². The number of phenols is 2. The molecule has 1 saturated heterocycles. The molecule has 5 aromatic heterocycles. The molecule has 530 valence electrons. The van der Waals surface area contributed by atoms with Crippen LogP contribution in [0.1, 0.15) is 155 Å². The third-order valence-corrected chi connectivity index (χ3v) is 18.6. The number of aromatic hydroxyl groups is 2. The van der Waals surface area contributed by atoms with Crippen LogP contribution in [0.15, 0.2) is 81.3 Å². The predicted octanol–water partition coefficient (Wildman–Crippen LogP) is 11.4. The Balaban J connectivity index is 0.000000147. The zero-order valence-electron chi connectivity index (χ0n) is 58.7. The van der Waals surface area contributed by atoms with Gasteiger partial charge in [0.1, 0.15) is 47.4 Å². The predicted molar refractivity (Wildman–Crippen MR) is 375 cm³/mol. The number of ether oxygens (including phenoxy) is 6. The zero-order chi connectivity index (χ0) is 72.3. The fourth-order valence-corrected chi connectivity index (χ4v) is 13.7. The number of nitrogens with zero attached hydrogens (tertiary/aromatic N) is 3. The van der Waals surface area contributed by atoms with E-state index in [-0.39, 0.29) is 64.0 Å². The molecule has 5 aliphatic rings. The number of nitrogens with one attached hydrogen (secondary N) is 5. The van der Waals surface area contributed by atoms with Gasteiger partial charge in [-0.3, -0.25) is 14.4 Å². The smallest absolute Gasteiger partial charge is 0.371 e. The third-order valence-electron chi connectivity index (χ3n) is 18.6. The summed E-state index contributed by atoms with van der Waals surface area (Å²) in [6.45, 7) is 18.1. The second-order valence-electron chi connectivity index (χ2n) is 25.6. The molecule has 14 rings (SSSR count). The number of H-pyrrole nitrogens is 3. The van der Waals surface area contributed by atoms with Crippen molar-refractivity contribution >= 4 is 96.7 Å². The summed E-state index contributed by atoms with van der Waals surface area (Å²) in [5.74, 6) is -0.404. The average molecular weight is 1380 g/mol. The Kier molecular flexibility index (Phi) is 21.4. The molecule has 26 nitrogen and oxygen atoms in total. The van der Waals surface area contributed by atoms with E-state index in [2.05, 4.69) is 37.2 Å². The topological polar surface area (TPSA) is 343 Å². The number of anilines is 2. The van der Waals surface area contributed by atoms with Crippen LogP contribution in [0.2, 0.25) is 0 Å². The molecule has 1 spiro atoms. The van der Waals surface area contributed by atoms with Crippen LogP contribution in [0.4, 0.5) is 11.4 Å². The zero-order valence-corrected chi connectivity index (χ0v) is 58.7. The Morgan fingerprint density at radius 2 is 1.17 bits per heavy atom. The highest BCUT2D eigenvalue weighted by Crippen LogP contribution is 2.64. The molecule has 0 radical (unpaired) electrons. The van der Waals surface area contributed by atoms with Gasteiger partial charge < -0.3 is 92.9 Å². The fraction of sp³-hybridized carbons (Fsp3) is 0.392. The molecule has 0 bridgehead atoms. The highest BCUT2D eigenvalue weighted by molar-refractivity contribution is 6.15. The van der Waals surface area contributed by atoms with Crippen LogP contribution in [0.25, 0.3) is 43.7 Å². The van der Waals surface area contributed by atoms with Gasteiger partial charge in [0.2, 0.25) is 11.5 Å². The number of carboxylic acids is 1. The maximum Gasteiger partial charge on any atom is 0.371 e. The molecule has 2 unspecified atom stereocenters. The number of amides is 1. The van der Waals surface area contributed by atoms with Crippen molar-refractivity contribution in [1.82, 2.24) is 30.1 Å². The highest BCUT2D eigenvalue weighted by Gasteiger charge is 2.66. The van der Waals surface area contributed by atoms with E-state index in [1.165, 1.54) is 34.3 Å². The quantitative estimate of drug-likeness (QED) is 0.0329. The van der Waals surface area contributed by atoms with Crippen molar-refractivity contribution in [3.05, 3.63) is 140 Å². The maximum atomic E-state index is 13.7. The Hall–Kier alpha value is -10.7. The largest absolute Gasteiger partial charge is 0.506 e. The van der Waals surface area contributed by atoms with E-state index in [1.807, 2.05) is 70.9 Å². The number of ketones is 1. The highest BCUT2D eigenvalue weighted by atomic mass is 16.5. The van der Waals surface area contributed by atoms with Crippen LogP contribution in [0, 0.1) is 26.7 Å². The number of hydrogen-bond donors (Lipinski definition) is 8. The number of aromatic nitrogens is 3. The molecule has 2 fully saturated rings. The summed E-state index contributed by atoms with van der Waals surface area (Å²) in [5.41, 5.74) is 11.4. The van der Waals surface area contributed by atoms with Crippen molar-refractivity contribution in [1.29, 1.82) is 0 Å². The first-order valence-electron chi connectivity index (χ1n) is 33.0. The van der Waals surface area contributed by atoms with E-state index in [9.17, 15) is 43.8 Å². The first-order valence-corrected chi connectivity index (χ1v) is 33.0. The summed E-state index contributed by atoms with van der Waals surface area (Å²) in [7, 11) is 12.0. The lowest BCUT2D eigenvalue weighted by Gasteiger charge is -2.21. The summed E-state index contributed by atoms with van der Waals surface area (Å²) in [4.78, 5) is 98.2. The Morgan fingerprint density at radius 3 is 1.67 bits per heavy atom. The number of rotatable bonds is 16. The summed E-state index contributed by atoms with van der Waals surface area (Å²) in [6.07, 6.45) is 4.40. The number of likely N-dealkylation sites (N-methyl/N-ethyl adjacent to an activating group) is 2. The van der Waals surface area contributed by atoms with Crippen LogP contribution < -0.4 is 25.0 Å². The van der Waals surface area contributed by atoms with Gasteiger partial charge >= 0.3 is 29.8 Å². The monoisotopic (exact) mass is 1370 g/mol. The summed E-state index contributed by atoms with van der Waals surface area (Å²) in [5, 5.41) is 39.3. The number of allylic oxidation sites excluding steroid dienone is 2. The number of fused-ring (bicyclic) bond motifs is 9. The van der Waals surface area contributed by atoms with Crippen molar-refractivity contribution in [3.63, 3.8) is 0 Å². The number of carbonyl (C=O) groups excluding carboxylic acids is 6. The summed E-state index contributed by atoms with van der Waals surface area (Å²) >= 11 is 0. The molecular weight excluding hydrogens is 1290 g/mol. The summed E-state index contributed by atoms with van der Waals surface area (Å²) in [6, 6.07) is 17.3. The van der Waals surface area contributed by atoms with Gasteiger partial charge in [-0.15, -0.1) is 0 Å². The number of aromatic amines is 3. The second-order valence-corrected chi connectivity index (χ2v) is 25.6. The number of piperidine rings is 1. The van der Waals surface area contributed by atoms with Gasteiger partial charge in [0.05, 0.1) is 67.0 Å². The van der Waals surface area contributed by atoms with Gasteiger partial charge in [-0.1, -0.05) is 13.8 Å². The molecule has 8 heterocycles. The first kappa shape index (κ1) is 72.0. The minimum Gasteiger partial charge on any atom is -0.506 e. The molecule has 26 heteroatoms. The fourth-order valence-electron chi connectivity index (χ4n) is 13.7. The SMILES string of the molecule is CCOC(C)=O.CC[C@@H]1CN(C(=O)c2cc3cc(OCCN(C)C)ccc3o2)c2cc(O)c3[nH]c(C)c(C(=O)OC)c3c21.CC[C@@H]1CNc2cc(O)c3[nH]c(C)c(C(=O)OC)c3c21.CN(C)CCOc1ccc2oc(C(=O)O)cc2c1.COC(=O)c1c(C)[nH]c2c1C13CC1CNC3=CC2=O. The van der Waals surface area contributed by atoms with E-state index in [4.69, 9.17) is 37.6 Å². The maximum absolute atomic E-state index is 13.7. The molecule has 8 N–H and O–H groups in total. The third kappa shape index (κ3) is 14.0. The Bertz CT molecular complexity index is 4700. The van der Waals surface area contributed by atoms with E-state index in [0.29, 0.717) is 117 Å². The van der Waals surface area contributed by atoms with E-state index < -0.39 is 11.9 Å². The normalized spacial score (nSPS) is 17.1.